The van der Waals surface area contributed by atoms with E-state index < -0.39 is 5.97 Å². The van der Waals surface area contributed by atoms with Crippen LogP contribution in [0.25, 0.3) is 0 Å². The Bertz CT molecular complexity index is 338. The Balaban J connectivity index is 0.000000224. The Morgan fingerprint density at radius 1 is 1.26 bits per heavy atom. The van der Waals surface area contributed by atoms with E-state index in [1.165, 1.54) is 0 Å². The molecule has 2 aliphatic rings. The first-order valence-electron chi connectivity index (χ1n) is 6.72. The fourth-order valence-electron chi connectivity index (χ4n) is 2.98. The van der Waals surface area contributed by atoms with Gasteiger partial charge in [-0.25, -0.2) is 0 Å². The molecule has 0 atom stereocenters. The zero-order valence-corrected chi connectivity index (χ0v) is 12.3. The largest absolute Gasteiger partial charge is 0.481 e. The Morgan fingerprint density at radius 3 is 1.95 bits per heavy atom. The number of carboxylic acid groups (broad SMARTS) is 1. The standard InChI is InChI=1S/C9H15NO2.C5H10O2/c1-10-9-4-2-8(6-9,3-5-9)7(11)12;1-5(2,3)7-4-6/h10H,2-6H2,1H3,(H,11,12);4H,1-3H3. The molecule has 0 heterocycles. The minimum absolute atomic E-state index is 0.165. The van der Waals surface area contributed by atoms with Gasteiger partial charge in [0.1, 0.15) is 5.60 Å². The van der Waals surface area contributed by atoms with E-state index in [2.05, 4.69) is 10.1 Å². The lowest BCUT2D eigenvalue weighted by molar-refractivity contribution is -0.148. The third-order valence-electron chi connectivity index (χ3n) is 4.23. The predicted molar refractivity (Wildman–Crippen MR) is 71.8 cm³/mol. The molecule has 0 aromatic rings. The van der Waals surface area contributed by atoms with Crippen molar-refractivity contribution in [1.82, 2.24) is 5.32 Å². The Labute approximate surface area is 114 Å². The van der Waals surface area contributed by atoms with E-state index in [1.807, 2.05) is 27.8 Å². The van der Waals surface area contributed by atoms with Gasteiger partial charge in [-0.05, 0) is 59.9 Å². The zero-order chi connectivity index (χ0) is 14.7. The van der Waals surface area contributed by atoms with Gasteiger partial charge in [-0.1, -0.05) is 0 Å². The van der Waals surface area contributed by atoms with Crippen molar-refractivity contribution in [2.45, 2.75) is 64.0 Å². The smallest absolute Gasteiger partial charge is 0.309 e. The maximum absolute atomic E-state index is 11.0. The van der Waals surface area contributed by atoms with Gasteiger partial charge in [0.2, 0.25) is 0 Å². The van der Waals surface area contributed by atoms with E-state index in [4.69, 9.17) is 5.11 Å². The lowest BCUT2D eigenvalue weighted by Gasteiger charge is -2.25. The third-order valence-corrected chi connectivity index (χ3v) is 4.23. The maximum atomic E-state index is 11.0. The fourth-order valence-corrected chi connectivity index (χ4v) is 2.98. The third kappa shape index (κ3) is 3.69. The molecular weight excluding hydrogens is 246 g/mol. The highest BCUT2D eigenvalue weighted by Crippen LogP contribution is 2.56. The molecule has 0 saturated heterocycles. The van der Waals surface area contributed by atoms with Crippen molar-refractivity contribution in [2.75, 3.05) is 7.05 Å². The second kappa shape index (κ2) is 5.49. The summed E-state index contributed by atoms with van der Waals surface area (Å²) in [6, 6.07) is 0. The van der Waals surface area contributed by atoms with Crippen LogP contribution in [0.5, 0.6) is 0 Å². The number of nitrogens with one attached hydrogen (secondary N) is 1. The average molecular weight is 271 g/mol. The quantitative estimate of drug-likeness (QED) is 0.767. The highest BCUT2D eigenvalue weighted by molar-refractivity contribution is 5.76. The molecule has 0 aromatic heterocycles. The first kappa shape index (κ1) is 16.0. The molecule has 2 bridgehead atoms. The monoisotopic (exact) mass is 271 g/mol. The van der Waals surface area contributed by atoms with Crippen LogP contribution in [0.4, 0.5) is 0 Å². The van der Waals surface area contributed by atoms with Crippen LogP contribution in [-0.4, -0.2) is 35.7 Å². The normalized spacial score (nSPS) is 32.4. The van der Waals surface area contributed by atoms with Crippen molar-refractivity contribution in [3.8, 4) is 0 Å². The molecule has 5 heteroatoms. The van der Waals surface area contributed by atoms with Gasteiger partial charge >= 0.3 is 5.97 Å². The molecule has 0 unspecified atom stereocenters. The van der Waals surface area contributed by atoms with Gasteiger partial charge in [0.15, 0.2) is 0 Å². The van der Waals surface area contributed by atoms with E-state index in [0.717, 1.165) is 32.1 Å². The second-order valence-corrected chi connectivity index (χ2v) is 6.62. The molecule has 2 rings (SSSR count). The highest BCUT2D eigenvalue weighted by atomic mass is 16.5. The Kier molecular flexibility index (Phi) is 4.61. The number of rotatable bonds is 3. The van der Waals surface area contributed by atoms with Crippen molar-refractivity contribution >= 4 is 12.4 Å². The van der Waals surface area contributed by atoms with Crippen LogP contribution in [0, 0.1) is 5.41 Å². The van der Waals surface area contributed by atoms with Crippen molar-refractivity contribution in [1.29, 1.82) is 0 Å². The Morgan fingerprint density at radius 2 is 1.79 bits per heavy atom. The van der Waals surface area contributed by atoms with E-state index in [9.17, 15) is 9.59 Å². The van der Waals surface area contributed by atoms with Crippen LogP contribution in [-0.2, 0) is 14.3 Å². The van der Waals surface area contributed by atoms with Gasteiger partial charge in [-0.2, -0.15) is 0 Å². The number of fused-ring (bicyclic) bond motifs is 2. The number of carbonyl (C=O) groups excluding carboxylic acids is 1. The van der Waals surface area contributed by atoms with E-state index in [0.29, 0.717) is 6.47 Å². The number of hydrogen-bond acceptors (Lipinski definition) is 4. The minimum atomic E-state index is -0.586. The lowest BCUT2D eigenvalue weighted by Crippen LogP contribution is -2.37. The maximum Gasteiger partial charge on any atom is 0.309 e. The van der Waals surface area contributed by atoms with Crippen molar-refractivity contribution in [3.63, 3.8) is 0 Å². The molecule has 0 amide bonds. The number of carbonyl (C=O) groups is 2. The summed E-state index contributed by atoms with van der Waals surface area (Å²) in [5.74, 6) is -0.586. The molecule has 19 heavy (non-hydrogen) atoms. The zero-order valence-electron chi connectivity index (χ0n) is 12.3. The molecule has 0 radical (unpaired) electrons. The number of carboxylic acids is 1. The first-order valence-corrected chi connectivity index (χ1v) is 6.72. The summed E-state index contributed by atoms with van der Waals surface area (Å²) in [5.41, 5.74) is -0.525. The highest BCUT2D eigenvalue weighted by Gasteiger charge is 2.57. The molecular formula is C14H25NO4. The van der Waals surface area contributed by atoms with E-state index in [1.54, 1.807) is 0 Å². The molecule has 2 saturated carbocycles. The molecule has 2 aliphatic carbocycles. The summed E-state index contributed by atoms with van der Waals surface area (Å²) in [7, 11) is 1.95. The summed E-state index contributed by atoms with van der Waals surface area (Å²) in [6.45, 7) is 5.92. The topological polar surface area (TPSA) is 75.6 Å². The van der Waals surface area contributed by atoms with Crippen LogP contribution in [0.2, 0.25) is 0 Å². The summed E-state index contributed by atoms with van der Waals surface area (Å²) in [4.78, 5) is 20.6. The van der Waals surface area contributed by atoms with Crippen molar-refractivity contribution in [2.24, 2.45) is 5.41 Å². The number of hydrogen-bond donors (Lipinski definition) is 2. The predicted octanol–water partition coefficient (Wildman–Crippen LogP) is 1.95. The van der Waals surface area contributed by atoms with Crippen LogP contribution in [0.3, 0.4) is 0 Å². The fraction of sp³-hybridized carbons (Fsp3) is 0.857. The number of aliphatic carboxylic acids is 1. The molecule has 0 spiro atoms. The van der Waals surface area contributed by atoms with Crippen LogP contribution in [0.15, 0.2) is 0 Å². The van der Waals surface area contributed by atoms with Gasteiger partial charge in [-0.3, -0.25) is 9.59 Å². The van der Waals surface area contributed by atoms with Gasteiger partial charge in [-0.15, -0.1) is 0 Å². The first-order chi connectivity index (χ1) is 8.69. The molecule has 110 valence electrons. The summed E-state index contributed by atoms with van der Waals surface area (Å²) >= 11 is 0. The molecule has 0 aromatic carbocycles. The van der Waals surface area contributed by atoms with E-state index >= 15 is 0 Å². The van der Waals surface area contributed by atoms with Crippen molar-refractivity contribution < 1.29 is 19.4 Å². The van der Waals surface area contributed by atoms with Crippen LogP contribution < -0.4 is 5.32 Å². The number of ether oxygens (including phenoxy) is 1. The minimum Gasteiger partial charge on any atom is -0.481 e. The summed E-state index contributed by atoms with van der Waals surface area (Å²) < 4.78 is 4.55. The second-order valence-electron chi connectivity index (χ2n) is 6.62. The molecule has 5 nitrogen and oxygen atoms in total. The SMILES string of the molecule is CC(C)(C)OC=O.CNC12CCC(C(=O)O)(CC1)C2. The Hall–Kier alpha value is -1.10. The molecule has 2 N–H and O–H groups in total. The summed E-state index contributed by atoms with van der Waals surface area (Å²) in [6.07, 6.45) is 4.64. The van der Waals surface area contributed by atoms with Crippen LogP contribution in [0.1, 0.15) is 52.9 Å². The molecule has 0 aliphatic heterocycles. The van der Waals surface area contributed by atoms with Gasteiger partial charge < -0.3 is 15.2 Å². The van der Waals surface area contributed by atoms with Gasteiger partial charge in [0, 0.05) is 5.54 Å². The van der Waals surface area contributed by atoms with Gasteiger partial charge in [0.05, 0.1) is 5.41 Å². The lowest BCUT2D eigenvalue weighted by atomic mass is 9.84. The average Bonchev–Trinajstić information content (AvgIpc) is 2.86. The van der Waals surface area contributed by atoms with Crippen molar-refractivity contribution in [3.05, 3.63) is 0 Å². The van der Waals surface area contributed by atoms with Crippen LogP contribution >= 0.6 is 0 Å². The van der Waals surface area contributed by atoms with Gasteiger partial charge in [0.25, 0.3) is 6.47 Å². The van der Waals surface area contributed by atoms with E-state index in [-0.39, 0.29) is 16.6 Å². The summed E-state index contributed by atoms with van der Waals surface area (Å²) in [5, 5.41) is 12.4. The molecule has 2 fully saturated rings.